The van der Waals surface area contributed by atoms with Gasteiger partial charge in [-0.05, 0) is 82.5 Å². The van der Waals surface area contributed by atoms with Gasteiger partial charge in [-0.3, -0.25) is 0 Å². The molecule has 1 aromatic rings. The molecule has 0 aliphatic rings. The molecule has 0 saturated carbocycles. The summed E-state index contributed by atoms with van der Waals surface area (Å²) in [6, 6.07) is 4.63. The van der Waals surface area contributed by atoms with Crippen molar-refractivity contribution in [2.45, 2.75) is 33.6 Å². The van der Waals surface area contributed by atoms with Crippen LogP contribution >= 0.6 is 0 Å². The summed E-state index contributed by atoms with van der Waals surface area (Å²) in [6.45, 7) is 9.86. The van der Waals surface area contributed by atoms with Gasteiger partial charge in [0.15, 0.2) is 0 Å². The molecule has 0 aliphatic heterocycles. The Balaban J connectivity index is 2.34. The summed E-state index contributed by atoms with van der Waals surface area (Å²) < 4.78 is 0. The van der Waals surface area contributed by atoms with Crippen molar-refractivity contribution in [3.05, 3.63) is 34.4 Å². The van der Waals surface area contributed by atoms with Gasteiger partial charge in [0.05, 0.1) is 0 Å². The normalized spacial score (nSPS) is 10.8. The molecule has 0 fully saturated rings. The highest BCUT2D eigenvalue weighted by molar-refractivity contribution is 5.36. The fourth-order valence-corrected chi connectivity index (χ4v) is 2.03. The van der Waals surface area contributed by atoms with Crippen LogP contribution in [0.5, 0.6) is 0 Å². The number of nitrogens with one attached hydrogen (secondary N) is 2. The summed E-state index contributed by atoms with van der Waals surface area (Å²) in [7, 11) is 2.00. The quantitative estimate of drug-likeness (QED) is 0.708. The van der Waals surface area contributed by atoms with Gasteiger partial charge in [0.25, 0.3) is 0 Å². The van der Waals surface area contributed by atoms with E-state index in [1.165, 1.54) is 28.7 Å². The first-order valence-corrected chi connectivity index (χ1v) is 6.57. The maximum absolute atomic E-state index is 3.49. The molecule has 0 saturated heterocycles. The lowest BCUT2D eigenvalue weighted by Crippen LogP contribution is -2.22. The van der Waals surface area contributed by atoms with Crippen LogP contribution in [-0.4, -0.2) is 26.7 Å². The molecule has 0 heterocycles. The predicted molar refractivity (Wildman–Crippen MR) is 75.8 cm³/mol. The summed E-state index contributed by atoms with van der Waals surface area (Å²) >= 11 is 0. The van der Waals surface area contributed by atoms with Crippen molar-refractivity contribution >= 4 is 0 Å². The van der Waals surface area contributed by atoms with E-state index in [1.807, 2.05) is 7.05 Å². The Morgan fingerprint density at radius 3 is 2.29 bits per heavy atom. The lowest BCUT2D eigenvalue weighted by Gasteiger charge is -2.10. The molecular weight excluding hydrogens is 208 g/mol. The highest BCUT2D eigenvalue weighted by Crippen LogP contribution is 2.15. The summed E-state index contributed by atoms with van der Waals surface area (Å²) in [5.41, 5.74) is 5.70. The molecule has 0 bridgehead atoms. The fourth-order valence-electron chi connectivity index (χ4n) is 2.03. The molecule has 2 N–H and O–H groups in total. The lowest BCUT2D eigenvalue weighted by molar-refractivity contribution is 0.624. The molecule has 2 nitrogen and oxygen atoms in total. The van der Waals surface area contributed by atoms with Gasteiger partial charge in [0.1, 0.15) is 0 Å². The van der Waals surface area contributed by atoms with E-state index in [4.69, 9.17) is 0 Å². The van der Waals surface area contributed by atoms with Crippen LogP contribution in [0, 0.1) is 20.8 Å². The van der Waals surface area contributed by atoms with Crippen LogP contribution in [0.4, 0.5) is 0 Å². The van der Waals surface area contributed by atoms with Gasteiger partial charge in [-0.15, -0.1) is 0 Å². The summed E-state index contributed by atoms with van der Waals surface area (Å²) in [6.07, 6.45) is 2.33. The van der Waals surface area contributed by atoms with E-state index >= 15 is 0 Å². The smallest absolute Gasteiger partial charge is 0.000824 e. The third-order valence-corrected chi connectivity index (χ3v) is 3.30. The minimum Gasteiger partial charge on any atom is -0.320 e. The van der Waals surface area contributed by atoms with Crippen molar-refractivity contribution in [3.63, 3.8) is 0 Å². The average Bonchev–Trinajstić information content (AvgIpc) is 2.30. The zero-order valence-electron chi connectivity index (χ0n) is 11.7. The summed E-state index contributed by atoms with van der Waals surface area (Å²) in [5, 5.41) is 6.65. The summed E-state index contributed by atoms with van der Waals surface area (Å²) in [5.74, 6) is 0. The third-order valence-electron chi connectivity index (χ3n) is 3.30. The second kappa shape index (κ2) is 7.46. The second-order valence-corrected chi connectivity index (χ2v) is 4.82. The minimum atomic E-state index is 1.08. The molecule has 96 valence electrons. The van der Waals surface area contributed by atoms with Gasteiger partial charge >= 0.3 is 0 Å². The lowest BCUT2D eigenvalue weighted by atomic mass is 9.99. The van der Waals surface area contributed by atoms with E-state index in [-0.39, 0.29) is 0 Å². The second-order valence-electron chi connectivity index (χ2n) is 4.82. The molecule has 17 heavy (non-hydrogen) atoms. The number of benzene rings is 1. The van der Waals surface area contributed by atoms with E-state index in [1.54, 1.807) is 0 Å². The molecule has 1 rings (SSSR count). The van der Waals surface area contributed by atoms with Crippen molar-refractivity contribution in [1.82, 2.24) is 10.6 Å². The summed E-state index contributed by atoms with van der Waals surface area (Å²) in [4.78, 5) is 0. The highest BCUT2D eigenvalue weighted by atomic mass is 14.9. The Hall–Kier alpha value is -0.860. The monoisotopic (exact) mass is 234 g/mol. The number of aryl methyl sites for hydroxylation is 3. The molecule has 0 aliphatic carbocycles. The average molecular weight is 234 g/mol. The Morgan fingerprint density at radius 2 is 1.59 bits per heavy atom. The largest absolute Gasteiger partial charge is 0.320 e. The van der Waals surface area contributed by atoms with Crippen molar-refractivity contribution in [2.75, 3.05) is 26.7 Å². The van der Waals surface area contributed by atoms with Crippen molar-refractivity contribution in [2.24, 2.45) is 0 Å². The molecular formula is C15H26N2. The van der Waals surface area contributed by atoms with Gasteiger partial charge in [-0.2, -0.15) is 0 Å². The fraction of sp³-hybridized carbons (Fsp3) is 0.600. The van der Waals surface area contributed by atoms with E-state index in [9.17, 15) is 0 Å². The minimum absolute atomic E-state index is 1.08. The van der Waals surface area contributed by atoms with Crippen LogP contribution in [0.3, 0.4) is 0 Å². The molecule has 2 heteroatoms. The molecule has 0 radical (unpaired) electrons. The van der Waals surface area contributed by atoms with Crippen LogP contribution in [0.1, 0.15) is 28.7 Å². The van der Waals surface area contributed by atoms with E-state index < -0.39 is 0 Å². The van der Waals surface area contributed by atoms with Crippen LogP contribution in [0.2, 0.25) is 0 Å². The Kier molecular flexibility index (Phi) is 6.23. The Morgan fingerprint density at radius 1 is 0.882 bits per heavy atom. The third kappa shape index (κ3) is 4.88. The molecule has 0 unspecified atom stereocenters. The van der Waals surface area contributed by atoms with Gasteiger partial charge < -0.3 is 10.6 Å². The number of rotatable bonds is 7. The Labute approximate surface area is 106 Å². The van der Waals surface area contributed by atoms with E-state index in [0.717, 1.165) is 26.1 Å². The molecule has 0 spiro atoms. The Bertz CT molecular complexity index is 345. The predicted octanol–water partition coefficient (Wildman–Crippen LogP) is 2.35. The maximum Gasteiger partial charge on any atom is -0.000824 e. The first-order chi connectivity index (χ1) is 8.15. The molecule has 1 aromatic carbocycles. The van der Waals surface area contributed by atoms with Crippen molar-refractivity contribution in [1.29, 1.82) is 0 Å². The maximum atomic E-state index is 3.49. The van der Waals surface area contributed by atoms with Gasteiger partial charge in [0, 0.05) is 0 Å². The van der Waals surface area contributed by atoms with Crippen LogP contribution in [-0.2, 0) is 6.42 Å². The van der Waals surface area contributed by atoms with Gasteiger partial charge in [0.2, 0.25) is 0 Å². The topological polar surface area (TPSA) is 24.1 Å². The first kappa shape index (κ1) is 14.2. The standard InChI is InChI=1S/C15H26N2/c1-12-10-14(3)15(11-13(12)2)6-9-17-8-5-7-16-4/h10-11,16-17H,5-9H2,1-4H3. The van der Waals surface area contributed by atoms with Crippen LogP contribution < -0.4 is 10.6 Å². The van der Waals surface area contributed by atoms with E-state index in [2.05, 4.69) is 43.5 Å². The zero-order valence-corrected chi connectivity index (χ0v) is 11.7. The SMILES string of the molecule is CNCCCNCCc1cc(C)c(C)cc1C. The zero-order chi connectivity index (χ0) is 12.7. The van der Waals surface area contributed by atoms with Crippen LogP contribution in [0.25, 0.3) is 0 Å². The number of hydrogen-bond donors (Lipinski definition) is 2. The van der Waals surface area contributed by atoms with Crippen molar-refractivity contribution in [3.8, 4) is 0 Å². The highest BCUT2D eigenvalue weighted by Gasteiger charge is 2.01. The van der Waals surface area contributed by atoms with Gasteiger partial charge in [-0.1, -0.05) is 12.1 Å². The van der Waals surface area contributed by atoms with E-state index in [0.29, 0.717) is 0 Å². The molecule has 0 amide bonds. The van der Waals surface area contributed by atoms with Gasteiger partial charge in [-0.25, -0.2) is 0 Å². The molecule has 0 atom stereocenters. The van der Waals surface area contributed by atoms with Crippen LogP contribution in [0.15, 0.2) is 12.1 Å². The first-order valence-electron chi connectivity index (χ1n) is 6.57. The molecule has 0 aromatic heterocycles. The number of hydrogen-bond acceptors (Lipinski definition) is 2. The van der Waals surface area contributed by atoms with Crippen molar-refractivity contribution < 1.29 is 0 Å².